The van der Waals surface area contributed by atoms with Crippen molar-refractivity contribution in [1.82, 2.24) is 5.32 Å². The van der Waals surface area contributed by atoms with Gasteiger partial charge in [-0.05, 0) is 51.4 Å². The average Bonchev–Trinajstić information content (AvgIpc) is 3.43. The van der Waals surface area contributed by atoms with Crippen LogP contribution in [-0.2, 0) is 4.79 Å². The molecule has 0 aliphatic carbocycles. The summed E-state index contributed by atoms with van der Waals surface area (Å²) in [4.78, 5) is 12.6. The highest BCUT2D eigenvalue weighted by atomic mass is 16.3. The molecule has 0 aliphatic heterocycles. The summed E-state index contributed by atoms with van der Waals surface area (Å²) in [5, 5.41) is 23.5. The highest BCUT2D eigenvalue weighted by Gasteiger charge is 2.20. The van der Waals surface area contributed by atoms with Gasteiger partial charge in [0, 0.05) is 6.42 Å². The average molecular weight is 1080 g/mol. The molecule has 0 heterocycles. The Hall–Kier alpha value is -1.39. The van der Waals surface area contributed by atoms with Gasteiger partial charge in [0.15, 0.2) is 0 Å². The lowest BCUT2D eigenvalue weighted by Gasteiger charge is -2.22. The third-order valence-electron chi connectivity index (χ3n) is 16.9. The SMILES string of the molecule is CCCCCCC/C=C\C/C=C\C/C=C\CCCCCCCCCCCCCCCCCCCCCCCCCCCCC(=O)NC(CO)C(O)CCCCCCCCCCCCCCCCCCCCCCCCCC. The van der Waals surface area contributed by atoms with Crippen molar-refractivity contribution < 1.29 is 15.0 Å². The molecule has 0 aliphatic rings. The summed E-state index contributed by atoms with van der Waals surface area (Å²) in [5.74, 6) is -0.0217. The Labute approximate surface area is 484 Å². The van der Waals surface area contributed by atoms with Crippen LogP contribution in [0.2, 0.25) is 0 Å². The van der Waals surface area contributed by atoms with Crippen molar-refractivity contribution in [3.63, 3.8) is 0 Å². The van der Waals surface area contributed by atoms with Crippen molar-refractivity contribution in [2.75, 3.05) is 6.61 Å². The maximum atomic E-state index is 12.6. The van der Waals surface area contributed by atoms with Crippen molar-refractivity contribution in [2.45, 2.75) is 418 Å². The zero-order valence-electron chi connectivity index (χ0n) is 52.8. The minimum atomic E-state index is -0.659. The van der Waals surface area contributed by atoms with Crippen LogP contribution in [-0.4, -0.2) is 34.9 Å². The summed E-state index contributed by atoms with van der Waals surface area (Å²) in [7, 11) is 0. The Bertz CT molecular complexity index is 1180. The van der Waals surface area contributed by atoms with Gasteiger partial charge < -0.3 is 15.5 Å². The molecule has 0 aromatic rings. The van der Waals surface area contributed by atoms with Crippen LogP contribution in [0.4, 0.5) is 0 Å². The maximum absolute atomic E-state index is 12.6. The molecular weight excluding hydrogens is 939 g/mol. The van der Waals surface area contributed by atoms with E-state index in [0.29, 0.717) is 12.8 Å². The molecule has 77 heavy (non-hydrogen) atoms. The molecular formula is C73H141NO3. The number of rotatable bonds is 67. The van der Waals surface area contributed by atoms with E-state index < -0.39 is 12.1 Å². The third kappa shape index (κ3) is 65.3. The molecule has 0 bridgehead atoms. The van der Waals surface area contributed by atoms with Gasteiger partial charge >= 0.3 is 0 Å². The van der Waals surface area contributed by atoms with E-state index in [0.717, 1.165) is 38.5 Å². The lowest BCUT2D eigenvalue weighted by atomic mass is 10.0. The number of unbranched alkanes of at least 4 members (excludes halogenated alkanes) is 54. The molecule has 4 nitrogen and oxygen atoms in total. The molecule has 0 spiro atoms. The summed E-state index contributed by atoms with van der Waals surface area (Å²) >= 11 is 0. The molecule has 2 atom stereocenters. The van der Waals surface area contributed by atoms with Crippen LogP contribution in [0, 0.1) is 0 Å². The van der Waals surface area contributed by atoms with E-state index in [9.17, 15) is 15.0 Å². The van der Waals surface area contributed by atoms with Gasteiger partial charge in [0.1, 0.15) is 0 Å². The van der Waals surface area contributed by atoms with E-state index in [-0.39, 0.29) is 12.5 Å². The van der Waals surface area contributed by atoms with Crippen LogP contribution in [0.3, 0.4) is 0 Å². The second-order valence-electron chi connectivity index (χ2n) is 24.7. The van der Waals surface area contributed by atoms with E-state index in [1.807, 2.05) is 0 Å². The number of hydrogen-bond donors (Lipinski definition) is 3. The fraction of sp³-hybridized carbons (Fsp3) is 0.904. The summed E-state index contributed by atoms with van der Waals surface area (Å²) in [5.41, 5.74) is 0. The van der Waals surface area contributed by atoms with E-state index >= 15 is 0 Å². The van der Waals surface area contributed by atoms with E-state index in [4.69, 9.17) is 0 Å². The predicted molar refractivity (Wildman–Crippen MR) is 345 cm³/mol. The highest BCUT2D eigenvalue weighted by Crippen LogP contribution is 2.19. The van der Waals surface area contributed by atoms with E-state index in [1.165, 1.54) is 340 Å². The number of amides is 1. The number of aliphatic hydroxyl groups is 2. The van der Waals surface area contributed by atoms with Crippen LogP contribution >= 0.6 is 0 Å². The van der Waals surface area contributed by atoms with Gasteiger partial charge in [0.25, 0.3) is 0 Å². The molecule has 0 aromatic heterocycles. The fourth-order valence-electron chi connectivity index (χ4n) is 11.5. The predicted octanol–water partition coefficient (Wildman–Crippen LogP) is 24.3. The van der Waals surface area contributed by atoms with Crippen LogP contribution in [0.1, 0.15) is 406 Å². The lowest BCUT2D eigenvalue weighted by molar-refractivity contribution is -0.123. The van der Waals surface area contributed by atoms with Gasteiger partial charge in [-0.15, -0.1) is 0 Å². The van der Waals surface area contributed by atoms with E-state index in [1.54, 1.807) is 0 Å². The normalized spacial score (nSPS) is 12.8. The summed E-state index contributed by atoms with van der Waals surface area (Å²) in [6.07, 6.45) is 95.0. The van der Waals surface area contributed by atoms with Crippen LogP contribution in [0.25, 0.3) is 0 Å². The van der Waals surface area contributed by atoms with Gasteiger partial charge in [-0.2, -0.15) is 0 Å². The Morgan fingerprint density at radius 1 is 0.312 bits per heavy atom. The Morgan fingerprint density at radius 3 is 0.792 bits per heavy atom. The van der Waals surface area contributed by atoms with Gasteiger partial charge in [0.05, 0.1) is 18.8 Å². The summed E-state index contributed by atoms with van der Waals surface area (Å²) < 4.78 is 0. The quantitative estimate of drug-likeness (QED) is 0.0420. The monoisotopic (exact) mass is 1080 g/mol. The second-order valence-corrected chi connectivity index (χ2v) is 24.7. The largest absolute Gasteiger partial charge is 0.394 e. The lowest BCUT2D eigenvalue weighted by Crippen LogP contribution is -2.45. The molecule has 0 aromatic carbocycles. The Morgan fingerprint density at radius 2 is 0.532 bits per heavy atom. The third-order valence-corrected chi connectivity index (χ3v) is 16.9. The first-order valence-electron chi connectivity index (χ1n) is 35.7. The number of carbonyl (C=O) groups excluding carboxylic acids is 1. The van der Waals surface area contributed by atoms with Crippen molar-refractivity contribution >= 4 is 5.91 Å². The molecule has 1 amide bonds. The van der Waals surface area contributed by atoms with E-state index in [2.05, 4.69) is 55.6 Å². The second kappa shape index (κ2) is 68.9. The maximum Gasteiger partial charge on any atom is 0.220 e. The van der Waals surface area contributed by atoms with Crippen molar-refractivity contribution in [3.8, 4) is 0 Å². The highest BCUT2D eigenvalue weighted by molar-refractivity contribution is 5.76. The van der Waals surface area contributed by atoms with Crippen molar-refractivity contribution in [2.24, 2.45) is 0 Å². The molecule has 0 radical (unpaired) electrons. The Balaban J connectivity index is 3.37. The zero-order valence-corrected chi connectivity index (χ0v) is 52.8. The number of aliphatic hydroxyl groups excluding tert-OH is 2. The van der Waals surface area contributed by atoms with Gasteiger partial charge in [-0.1, -0.05) is 384 Å². The standard InChI is InChI=1S/C73H141NO3/c1-3-5-7-9-11-13-15-17-19-21-23-25-27-29-30-31-32-33-34-35-36-37-38-39-40-41-42-43-44-45-47-49-51-53-55-57-59-61-63-65-67-69-73(77)74-71(70-75)72(76)68-66-64-62-60-58-56-54-52-50-48-46-28-26-24-22-20-18-16-14-12-10-8-6-4-2/h15,17,21,23,27,29,71-72,75-76H,3-14,16,18-20,22,24-26,28,30-70H2,1-2H3,(H,74,77)/b17-15-,23-21-,29-27-. The molecule has 456 valence electrons. The minimum Gasteiger partial charge on any atom is -0.394 e. The van der Waals surface area contributed by atoms with Gasteiger partial charge in [-0.25, -0.2) is 0 Å². The zero-order chi connectivity index (χ0) is 55.5. The number of carbonyl (C=O) groups is 1. The first-order chi connectivity index (χ1) is 38.2. The molecule has 0 saturated heterocycles. The first kappa shape index (κ1) is 75.6. The smallest absolute Gasteiger partial charge is 0.220 e. The molecule has 3 N–H and O–H groups in total. The summed E-state index contributed by atoms with van der Waals surface area (Å²) in [6, 6.07) is -0.535. The number of nitrogens with one attached hydrogen (secondary N) is 1. The molecule has 0 saturated carbocycles. The summed E-state index contributed by atoms with van der Waals surface area (Å²) in [6.45, 7) is 4.39. The van der Waals surface area contributed by atoms with Gasteiger partial charge in [0.2, 0.25) is 5.91 Å². The molecule has 0 rings (SSSR count). The molecule has 2 unspecified atom stereocenters. The number of hydrogen-bond acceptors (Lipinski definition) is 3. The Kier molecular flexibility index (Phi) is 67.6. The van der Waals surface area contributed by atoms with Crippen molar-refractivity contribution in [1.29, 1.82) is 0 Å². The minimum absolute atomic E-state index is 0.0217. The van der Waals surface area contributed by atoms with Gasteiger partial charge in [-0.3, -0.25) is 4.79 Å². The fourth-order valence-corrected chi connectivity index (χ4v) is 11.5. The topological polar surface area (TPSA) is 69.6 Å². The molecule has 4 heteroatoms. The van der Waals surface area contributed by atoms with Crippen LogP contribution in [0.15, 0.2) is 36.5 Å². The number of allylic oxidation sites excluding steroid dienone is 6. The molecule has 0 fully saturated rings. The van der Waals surface area contributed by atoms with Crippen LogP contribution in [0.5, 0.6) is 0 Å². The van der Waals surface area contributed by atoms with Crippen LogP contribution < -0.4 is 5.32 Å². The van der Waals surface area contributed by atoms with Crippen molar-refractivity contribution in [3.05, 3.63) is 36.5 Å². The first-order valence-corrected chi connectivity index (χ1v) is 35.7.